The van der Waals surface area contributed by atoms with Crippen LogP contribution in [0.2, 0.25) is 0 Å². The molecule has 0 saturated carbocycles. The Kier molecular flexibility index (Phi) is 6.50. The second-order valence-corrected chi connectivity index (χ2v) is 8.28. The predicted octanol–water partition coefficient (Wildman–Crippen LogP) is 4.63. The highest BCUT2D eigenvalue weighted by molar-refractivity contribution is 5.67. The molecule has 1 aliphatic carbocycles. The van der Waals surface area contributed by atoms with Gasteiger partial charge >= 0.3 is 6.09 Å². The van der Waals surface area contributed by atoms with Gasteiger partial charge in [0.1, 0.15) is 5.60 Å². The minimum absolute atomic E-state index is 0.322. The van der Waals surface area contributed by atoms with Gasteiger partial charge in [-0.25, -0.2) is 4.79 Å². The van der Waals surface area contributed by atoms with Crippen LogP contribution in [0.3, 0.4) is 0 Å². The van der Waals surface area contributed by atoms with Crippen LogP contribution in [0.15, 0.2) is 18.2 Å². The van der Waals surface area contributed by atoms with E-state index in [0.717, 1.165) is 32.1 Å². The maximum Gasteiger partial charge on any atom is 0.407 e. The van der Waals surface area contributed by atoms with Crippen molar-refractivity contribution in [3.05, 3.63) is 34.9 Å². The van der Waals surface area contributed by atoms with Gasteiger partial charge in [-0.05, 0) is 75.0 Å². The Morgan fingerprint density at radius 3 is 2.60 bits per heavy atom. The van der Waals surface area contributed by atoms with Gasteiger partial charge in [0.25, 0.3) is 0 Å². The van der Waals surface area contributed by atoms with Crippen LogP contribution in [0, 0.1) is 5.41 Å². The summed E-state index contributed by atoms with van der Waals surface area (Å²) in [7, 11) is 1.74. The summed E-state index contributed by atoms with van der Waals surface area (Å²) in [6.07, 6.45) is 5.20. The maximum absolute atomic E-state index is 11.7. The number of benzene rings is 1. The highest BCUT2D eigenvalue weighted by atomic mass is 16.6. The first-order valence-corrected chi connectivity index (χ1v) is 9.33. The Morgan fingerprint density at radius 1 is 1.24 bits per heavy atom. The summed E-state index contributed by atoms with van der Waals surface area (Å²) >= 11 is 0. The van der Waals surface area contributed by atoms with Crippen LogP contribution in [0.1, 0.15) is 63.6 Å². The zero-order valence-corrected chi connectivity index (χ0v) is 16.4. The Bertz CT molecular complexity index is 591. The number of rotatable bonds is 7. The molecule has 1 N–H and O–H groups in total. The van der Waals surface area contributed by atoms with E-state index >= 15 is 0 Å². The summed E-state index contributed by atoms with van der Waals surface area (Å²) in [6, 6.07) is 6.74. The first kappa shape index (κ1) is 19.8. The fourth-order valence-electron chi connectivity index (χ4n) is 3.71. The highest BCUT2D eigenvalue weighted by Gasteiger charge is 2.35. The molecule has 2 rings (SSSR count). The fraction of sp³-hybridized carbons (Fsp3) is 0.667. The molecule has 0 unspecified atom stereocenters. The Hall–Kier alpha value is -1.55. The number of hydrogen-bond donors (Lipinski definition) is 1. The van der Waals surface area contributed by atoms with Crippen LogP contribution < -0.4 is 5.32 Å². The molecule has 25 heavy (non-hydrogen) atoms. The number of amides is 1. The normalized spacial score (nSPS) is 19.6. The molecular weight excluding hydrogens is 314 g/mol. The second-order valence-electron chi connectivity index (χ2n) is 8.28. The summed E-state index contributed by atoms with van der Waals surface area (Å²) in [6.45, 7) is 9.27. The molecule has 0 radical (unpaired) electrons. The molecule has 1 aromatic rings. The van der Waals surface area contributed by atoms with E-state index in [-0.39, 0.29) is 6.09 Å². The number of hydrogen-bond acceptors (Lipinski definition) is 3. The monoisotopic (exact) mass is 347 g/mol. The minimum atomic E-state index is -0.443. The molecule has 1 atom stereocenters. The molecule has 4 heteroatoms. The van der Waals surface area contributed by atoms with Crippen molar-refractivity contribution in [2.45, 2.75) is 72.0 Å². The van der Waals surface area contributed by atoms with Crippen molar-refractivity contribution >= 4 is 6.09 Å². The SMILES string of the molecule is CC[C@@]1(CCCNC(=O)OC(C)(C)C)Cc2ccc(COC)cc2C1. The molecular formula is C21H33NO3. The first-order chi connectivity index (χ1) is 11.8. The Morgan fingerprint density at radius 2 is 1.96 bits per heavy atom. The van der Waals surface area contributed by atoms with Gasteiger partial charge in [0.2, 0.25) is 0 Å². The van der Waals surface area contributed by atoms with Crippen molar-refractivity contribution in [1.29, 1.82) is 0 Å². The van der Waals surface area contributed by atoms with Gasteiger partial charge in [-0.1, -0.05) is 25.1 Å². The van der Waals surface area contributed by atoms with Gasteiger partial charge < -0.3 is 14.8 Å². The largest absolute Gasteiger partial charge is 0.444 e. The van der Waals surface area contributed by atoms with E-state index in [9.17, 15) is 4.79 Å². The molecule has 1 aliphatic rings. The number of methoxy groups -OCH3 is 1. The number of carbonyl (C=O) groups excluding carboxylic acids is 1. The summed E-state index contributed by atoms with van der Waals surface area (Å²) in [5.41, 5.74) is 4.07. The molecule has 0 spiro atoms. The van der Waals surface area contributed by atoms with Crippen LogP contribution in [-0.2, 0) is 28.9 Å². The number of nitrogens with one attached hydrogen (secondary N) is 1. The third-order valence-corrected chi connectivity index (χ3v) is 5.01. The summed E-state index contributed by atoms with van der Waals surface area (Å²) in [5.74, 6) is 0. The predicted molar refractivity (Wildman–Crippen MR) is 101 cm³/mol. The maximum atomic E-state index is 11.7. The first-order valence-electron chi connectivity index (χ1n) is 9.33. The van der Waals surface area contributed by atoms with Gasteiger partial charge in [0.15, 0.2) is 0 Å². The lowest BCUT2D eigenvalue weighted by atomic mass is 9.78. The average Bonchev–Trinajstić information content (AvgIpc) is 2.89. The van der Waals surface area contributed by atoms with E-state index in [2.05, 4.69) is 30.4 Å². The second kappa shape index (κ2) is 8.22. The number of carbonyl (C=O) groups is 1. The fourth-order valence-corrected chi connectivity index (χ4v) is 3.71. The van der Waals surface area contributed by atoms with Crippen molar-refractivity contribution in [3.8, 4) is 0 Å². The zero-order chi connectivity index (χ0) is 18.5. The minimum Gasteiger partial charge on any atom is -0.444 e. The van der Waals surface area contributed by atoms with E-state index in [4.69, 9.17) is 9.47 Å². The van der Waals surface area contributed by atoms with Gasteiger partial charge in [0.05, 0.1) is 6.61 Å². The molecule has 0 bridgehead atoms. The van der Waals surface area contributed by atoms with Crippen molar-refractivity contribution in [1.82, 2.24) is 5.32 Å². The summed E-state index contributed by atoms with van der Waals surface area (Å²) in [5, 5.41) is 2.87. The topological polar surface area (TPSA) is 47.6 Å². The molecule has 4 nitrogen and oxygen atoms in total. The van der Waals surface area contributed by atoms with Gasteiger partial charge in [-0.2, -0.15) is 0 Å². The van der Waals surface area contributed by atoms with E-state index in [1.165, 1.54) is 16.7 Å². The average molecular weight is 347 g/mol. The van der Waals surface area contributed by atoms with Crippen LogP contribution in [-0.4, -0.2) is 25.3 Å². The molecule has 0 fully saturated rings. The summed E-state index contributed by atoms with van der Waals surface area (Å²) in [4.78, 5) is 11.7. The van der Waals surface area contributed by atoms with Crippen molar-refractivity contribution < 1.29 is 14.3 Å². The molecule has 140 valence electrons. The van der Waals surface area contributed by atoms with Crippen LogP contribution in [0.25, 0.3) is 0 Å². The molecule has 0 saturated heterocycles. The van der Waals surface area contributed by atoms with E-state index in [0.29, 0.717) is 18.6 Å². The third kappa shape index (κ3) is 5.74. The Balaban J connectivity index is 1.85. The van der Waals surface area contributed by atoms with Gasteiger partial charge in [-0.3, -0.25) is 0 Å². The Labute approximate surface area is 152 Å². The smallest absolute Gasteiger partial charge is 0.407 e. The molecule has 1 aromatic carbocycles. The molecule has 1 amide bonds. The molecule has 0 aromatic heterocycles. The van der Waals surface area contributed by atoms with E-state index in [1.54, 1.807) is 7.11 Å². The number of alkyl carbamates (subject to hydrolysis) is 1. The van der Waals surface area contributed by atoms with Crippen molar-refractivity contribution in [3.63, 3.8) is 0 Å². The van der Waals surface area contributed by atoms with Crippen LogP contribution in [0.5, 0.6) is 0 Å². The lowest BCUT2D eigenvalue weighted by Crippen LogP contribution is -2.33. The number of ether oxygens (including phenoxy) is 2. The van der Waals surface area contributed by atoms with E-state index < -0.39 is 5.60 Å². The highest BCUT2D eigenvalue weighted by Crippen LogP contribution is 2.43. The standard InChI is InChI=1S/C21H33NO3/c1-6-21(10-7-11-22-19(23)25-20(2,3)4)13-17-9-8-16(15-24-5)12-18(17)14-21/h8-9,12H,6-7,10-11,13-15H2,1-5H3,(H,22,23)/t21-/m1/s1. The van der Waals surface area contributed by atoms with Gasteiger partial charge in [-0.15, -0.1) is 0 Å². The van der Waals surface area contributed by atoms with Crippen LogP contribution >= 0.6 is 0 Å². The lowest BCUT2D eigenvalue weighted by Gasteiger charge is -2.27. The van der Waals surface area contributed by atoms with Gasteiger partial charge in [0, 0.05) is 13.7 Å². The molecule has 0 heterocycles. The quantitative estimate of drug-likeness (QED) is 0.731. The lowest BCUT2D eigenvalue weighted by molar-refractivity contribution is 0.0524. The van der Waals surface area contributed by atoms with Crippen LogP contribution in [0.4, 0.5) is 4.79 Å². The summed E-state index contributed by atoms with van der Waals surface area (Å²) < 4.78 is 10.5. The molecule has 0 aliphatic heterocycles. The van der Waals surface area contributed by atoms with Crippen molar-refractivity contribution in [2.75, 3.05) is 13.7 Å². The van der Waals surface area contributed by atoms with Crippen molar-refractivity contribution in [2.24, 2.45) is 5.41 Å². The zero-order valence-electron chi connectivity index (χ0n) is 16.4. The van der Waals surface area contributed by atoms with E-state index in [1.807, 2.05) is 20.8 Å². The third-order valence-electron chi connectivity index (χ3n) is 5.01. The number of fused-ring (bicyclic) bond motifs is 1.